The number of ether oxygens (including phenoxy) is 1. The zero-order chi connectivity index (χ0) is 20.3. The number of pyridine rings is 2. The van der Waals surface area contributed by atoms with Crippen LogP contribution in [0.5, 0.6) is 0 Å². The number of hydrogen-bond acceptors (Lipinski definition) is 5. The van der Waals surface area contributed by atoms with E-state index in [0.717, 1.165) is 62.5 Å². The Hall–Kier alpha value is -3.18. The van der Waals surface area contributed by atoms with Crippen molar-refractivity contribution in [1.82, 2.24) is 19.9 Å². The molecule has 0 saturated heterocycles. The minimum Gasteiger partial charge on any atom is -0.377 e. The van der Waals surface area contributed by atoms with Crippen molar-refractivity contribution in [3.05, 3.63) is 60.4 Å². The molecule has 30 heavy (non-hydrogen) atoms. The topological polar surface area (TPSA) is 60.8 Å². The molecule has 0 aliphatic heterocycles. The van der Waals surface area contributed by atoms with E-state index in [4.69, 9.17) is 14.7 Å². The lowest BCUT2D eigenvalue weighted by atomic mass is 10.1. The fraction of sp³-hybridized carbons (Fsp3) is 0.280. The quantitative estimate of drug-likeness (QED) is 0.192. The molecule has 5 nitrogen and oxygen atoms in total. The molecule has 3 heterocycles. The molecule has 5 heteroatoms. The Labute approximate surface area is 175 Å². The Morgan fingerprint density at radius 2 is 1.43 bits per heavy atom. The number of fused-ring (bicyclic) bond motifs is 7. The summed E-state index contributed by atoms with van der Waals surface area (Å²) in [6.45, 7) is 3.63. The molecule has 5 aromatic rings. The van der Waals surface area contributed by atoms with Crippen molar-refractivity contribution in [2.45, 2.75) is 39.2 Å². The standard InChI is InChI=1S/C25H24N4O/c1-2-3-4-5-14-30-16-17-10-11-20-21(15-17)29-25-19-9-7-13-27-23(19)22-18(24(25)28-20)8-6-12-26-22/h6-13,15H,2-5,14,16H2,1H3. The van der Waals surface area contributed by atoms with E-state index in [1.165, 1.54) is 19.3 Å². The van der Waals surface area contributed by atoms with Gasteiger partial charge in [-0.1, -0.05) is 32.3 Å². The van der Waals surface area contributed by atoms with E-state index in [-0.39, 0.29) is 0 Å². The first-order chi connectivity index (χ1) is 14.8. The summed E-state index contributed by atoms with van der Waals surface area (Å²) in [4.78, 5) is 19.1. The third kappa shape index (κ3) is 3.46. The zero-order valence-electron chi connectivity index (χ0n) is 17.1. The van der Waals surface area contributed by atoms with Crippen LogP contribution in [-0.4, -0.2) is 26.5 Å². The molecular weight excluding hydrogens is 372 g/mol. The molecule has 3 aromatic heterocycles. The highest BCUT2D eigenvalue weighted by Gasteiger charge is 2.13. The number of unbranched alkanes of at least 4 members (excludes halogenated alkanes) is 3. The predicted molar refractivity (Wildman–Crippen MR) is 121 cm³/mol. The van der Waals surface area contributed by atoms with Gasteiger partial charge in [0.25, 0.3) is 0 Å². The molecule has 0 N–H and O–H groups in total. The number of rotatable bonds is 7. The van der Waals surface area contributed by atoms with Crippen LogP contribution in [0.1, 0.15) is 38.2 Å². The minimum atomic E-state index is 0.603. The van der Waals surface area contributed by atoms with E-state index in [0.29, 0.717) is 6.61 Å². The first-order valence-electron chi connectivity index (χ1n) is 10.6. The second-order valence-electron chi connectivity index (χ2n) is 7.66. The number of nitrogens with zero attached hydrogens (tertiary/aromatic N) is 4. The molecule has 0 atom stereocenters. The Morgan fingerprint density at radius 1 is 0.733 bits per heavy atom. The molecule has 5 rings (SSSR count). The van der Waals surface area contributed by atoms with Crippen molar-refractivity contribution in [3.8, 4) is 0 Å². The van der Waals surface area contributed by atoms with E-state index in [1.54, 1.807) is 12.4 Å². The van der Waals surface area contributed by atoms with Gasteiger partial charge in [-0.3, -0.25) is 9.97 Å². The van der Waals surface area contributed by atoms with Crippen LogP contribution < -0.4 is 0 Å². The van der Waals surface area contributed by atoms with Crippen LogP contribution >= 0.6 is 0 Å². The van der Waals surface area contributed by atoms with E-state index >= 15 is 0 Å². The average molecular weight is 396 g/mol. The highest BCUT2D eigenvalue weighted by Crippen LogP contribution is 2.31. The molecule has 0 saturated carbocycles. The van der Waals surface area contributed by atoms with E-state index in [9.17, 15) is 0 Å². The smallest absolute Gasteiger partial charge is 0.0996 e. The van der Waals surface area contributed by atoms with Gasteiger partial charge in [0.1, 0.15) is 0 Å². The summed E-state index contributed by atoms with van der Waals surface area (Å²) in [6, 6.07) is 14.2. The highest BCUT2D eigenvalue weighted by molar-refractivity contribution is 6.21. The molecule has 0 unspecified atom stereocenters. The van der Waals surface area contributed by atoms with Crippen LogP contribution in [0.25, 0.3) is 43.9 Å². The molecule has 0 aliphatic carbocycles. The fourth-order valence-corrected chi connectivity index (χ4v) is 3.96. The van der Waals surface area contributed by atoms with Gasteiger partial charge in [-0.2, -0.15) is 0 Å². The molecule has 2 aromatic carbocycles. The molecular formula is C25H24N4O. The third-order valence-corrected chi connectivity index (χ3v) is 5.49. The molecule has 0 radical (unpaired) electrons. The molecule has 0 spiro atoms. The van der Waals surface area contributed by atoms with Gasteiger partial charge in [0.2, 0.25) is 0 Å². The summed E-state index contributed by atoms with van der Waals surface area (Å²) in [6.07, 6.45) is 8.46. The van der Waals surface area contributed by atoms with Crippen molar-refractivity contribution < 1.29 is 4.74 Å². The maximum Gasteiger partial charge on any atom is 0.0996 e. The van der Waals surface area contributed by atoms with E-state index in [1.807, 2.05) is 30.3 Å². The zero-order valence-corrected chi connectivity index (χ0v) is 17.1. The van der Waals surface area contributed by atoms with Gasteiger partial charge < -0.3 is 4.74 Å². The summed E-state index contributed by atoms with van der Waals surface area (Å²) in [7, 11) is 0. The normalized spacial score (nSPS) is 11.8. The largest absolute Gasteiger partial charge is 0.377 e. The van der Waals surface area contributed by atoms with Crippen LogP contribution in [0.15, 0.2) is 54.9 Å². The number of hydrogen-bond donors (Lipinski definition) is 0. The summed E-state index contributed by atoms with van der Waals surface area (Å²) in [5.41, 5.74) is 6.33. The van der Waals surface area contributed by atoms with Gasteiger partial charge in [0.05, 0.1) is 39.7 Å². The summed E-state index contributed by atoms with van der Waals surface area (Å²) >= 11 is 0. The monoisotopic (exact) mass is 396 g/mol. The highest BCUT2D eigenvalue weighted by atomic mass is 16.5. The fourth-order valence-electron chi connectivity index (χ4n) is 3.96. The first kappa shape index (κ1) is 18.8. The predicted octanol–water partition coefficient (Wildman–Crippen LogP) is 5.98. The lowest BCUT2D eigenvalue weighted by Gasteiger charge is -2.09. The summed E-state index contributed by atoms with van der Waals surface area (Å²) in [5.74, 6) is 0. The SMILES string of the molecule is CCCCCCOCc1ccc2nc3c4cccnc4c4ncccc4c3nc2c1. The van der Waals surface area contributed by atoms with Crippen molar-refractivity contribution in [3.63, 3.8) is 0 Å². The van der Waals surface area contributed by atoms with Crippen molar-refractivity contribution in [2.24, 2.45) is 0 Å². The second-order valence-corrected chi connectivity index (χ2v) is 7.66. The van der Waals surface area contributed by atoms with Crippen LogP contribution in [0.2, 0.25) is 0 Å². The van der Waals surface area contributed by atoms with Crippen LogP contribution in [-0.2, 0) is 11.3 Å². The summed E-state index contributed by atoms with van der Waals surface area (Å²) in [5, 5.41) is 1.96. The lowest BCUT2D eigenvalue weighted by Crippen LogP contribution is -1.97. The molecule has 0 amide bonds. The van der Waals surface area contributed by atoms with Crippen molar-refractivity contribution in [1.29, 1.82) is 0 Å². The van der Waals surface area contributed by atoms with Crippen molar-refractivity contribution >= 4 is 43.9 Å². The maximum atomic E-state index is 5.86. The van der Waals surface area contributed by atoms with Gasteiger partial charge in [-0.05, 0) is 48.4 Å². The molecule has 0 fully saturated rings. The Bertz CT molecular complexity index is 1350. The number of aromatic nitrogens is 4. The molecule has 0 aliphatic rings. The Morgan fingerprint density at radius 3 is 2.13 bits per heavy atom. The van der Waals surface area contributed by atoms with Crippen LogP contribution in [0.3, 0.4) is 0 Å². The maximum absolute atomic E-state index is 5.86. The first-order valence-corrected chi connectivity index (χ1v) is 10.6. The third-order valence-electron chi connectivity index (χ3n) is 5.49. The molecule has 0 bridgehead atoms. The molecule has 150 valence electrons. The van der Waals surface area contributed by atoms with Gasteiger partial charge in [-0.25, -0.2) is 9.97 Å². The van der Waals surface area contributed by atoms with Gasteiger partial charge >= 0.3 is 0 Å². The van der Waals surface area contributed by atoms with E-state index < -0.39 is 0 Å². The van der Waals surface area contributed by atoms with Crippen LogP contribution in [0.4, 0.5) is 0 Å². The average Bonchev–Trinajstić information content (AvgIpc) is 2.80. The number of benzene rings is 2. The van der Waals surface area contributed by atoms with Gasteiger partial charge in [-0.15, -0.1) is 0 Å². The van der Waals surface area contributed by atoms with Gasteiger partial charge in [0, 0.05) is 29.8 Å². The Balaban J connectivity index is 1.56. The van der Waals surface area contributed by atoms with Crippen molar-refractivity contribution in [2.75, 3.05) is 6.61 Å². The van der Waals surface area contributed by atoms with Gasteiger partial charge in [0.15, 0.2) is 0 Å². The second kappa shape index (κ2) is 8.28. The van der Waals surface area contributed by atoms with E-state index in [2.05, 4.69) is 29.0 Å². The minimum absolute atomic E-state index is 0.603. The lowest BCUT2D eigenvalue weighted by molar-refractivity contribution is 0.117. The Kier molecular flexibility index (Phi) is 5.20. The van der Waals surface area contributed by atoms with Crippen LogP contribution in [0, 0.1) is 0 Å². The summed E-state index contributed by atoms with van der Waals surface area (Å²) < 4.78 is 5.86.